The highest BCUT2D eigenvalue weighted by Crippen LogP contribution is 2.17. The predicted octanol–water partition coefficient (Wildman–Crippen LogP) is 2.19. The van der Waals surface area contributed by atoms with Gasteiger partial charge in [-0.3, -0.25) is 4.84 Å². The Morgan fingerprint density at radius 2 is 2.00 bits per heavy atom. The number of nitrogens with two attached hydrogens (primary N) is 1. The minimum absolute atomic E-state index is 0.167. The molecule has 1 aromatic heterocycles. The van der Waals surface area contributed by atoms with E-state index in [1.807, 2.05) is 43.3 Å². The van der Waals surface area contributed by atoms with Crippen LogP contribution in [0.2, 0.25) is 0 Å². The van der Waals surface area contributed by atoms with E-state index in [1.165, 1.54) is 0 Å². The second kappa shape index (κ2) is 3.74. The Balaban J connectivity index is 2.51. The van der Waals surface area contributed by atoms with E-state index in [2.05, 4.69) is 4.98 Å². The third-order valence-electron chi connectivity index (χ3n) is 2.24. The smallest absolute Gasteiger partial charge is 0.118 e. The fourth-order valence-corrected chi connectivity index (χ4v) is 1.38. The summed E-state index contributed by atoms with van der Waals surface area (Å²) < 4.78 is 0. The molecule has 0 aliphatic carbocycles. The number of hydrogen-bond donors (Lipinski definition) is 1. The van der Waals surface area contributed by atoms with Gasteiger partial charge in [-0.05, 0) is 19.1 Å². The molecule has 1 unspecified atom stereocenters. The van der Waals surface area contributed by atoms with Gasteiger partial charge in [-0.25, -0.2) is 10.9 Å². The maximum atomic E-state index is 5.11. The third kappa shape index (κ3) is 1.60. The lowest BCUT2D eigenvalue weighted by Crippen LogP contribution is -2.06. The summed E-state index contributed by atoms with van der Waals surface area (Å²) in [4.78, 5) is 9.16. The number of hydrogen-bond acceptors (Lipinski definition) is 3. The van der Waals surface area contributed by atoms with Gasteiger partial charge in [-0.1, -0.05) is 24.3 Å². The lowest BCUT2D eigenvalue weighted by Gasteiger charge is -2.08. The molecule has 1 aromatic carbocycles. The lowest BCUT2D eigenvalue weighted by atomic mass is 10.2. The third-order valence-corrected chi connectivity index (χ3v) is 2.24. The summed E-state index contributed by atoms with van der Waals surface area (Å²) in [7, 11) is 0. The number of aromatic nitrogens is 1. The molecule has 0 amide bonds. The van der Waals surface area contributed by atoms with Crippen molar-refractivity contribution < 1.29 is 4.84 Å². The van der Waals surface area contributed by atoms with Gasteiger partial charge in [0.2, 0.25) is 0 Å². The first kappa shape index (κ1) is 9.12. The van der Waals surface area contributed by atoms with E-state index in [0.29, 0.717) is 0 Å². The summed E-state index contributed by atoms with van der Waals surface area (Å²) in [6.45, 7) is 1.87. The van der Waals surface area contributed by atoms with Crippen LogP contribution in [0.5, 0.6) is 0 Å². The molecule has 2 aromatic rings. The number of benzene rings is 1. The van der Waals surface area contributed by atoms with Crippen molar-refractivity contribution in [2.24, 2.45) is 5.90 Å². The molecule has 1 heterocycles. The first-order valence-electron chi connectivity index (χ1n) is 4.52. The first-order valence-corrected chi connectivity index (χ1v) is 4.52. The van der Waals surface area contributed by atoms with Crippen LogP contribution in [0.15, 0.2) is 36.4 Å². The maximum Gasteiger partial charge on any atom is 0.118 e. The van der Waals surface area contributed by atoms with E-state index in [4.69, 9.17) is 10.7 Å². The number of nitrogens with zero attached hydrogens (tertiary/aromatic N) is 1. The molecule has 2 N–H and O–H groups in total. The van der Waals surface area contributed by atoms with Crippen molar-refractivity contribution >= 4 is 10.9 Å². The minimum atomic E-state index is -0.167. The first-order chi connectivity index (χ1) is 6.81. The lowest BCUT2D eigenvalue weighted by molar-refractivity contribution is 0.0636. The van der Waals surface area contributed by atoms with Gasteiger partial charge in [0.1, 0.15) is 6.10 Å². The summed E-state index contributed by atoms with van der Waals surface area (Å²) in [5.74, 6) is 5.11. The Kier molecular flexibility index (Phi) is 2.43. The van der Waals surface area contributed by atoms with E-state index >= 15 is 0 Å². The average molecular weight is 188 g/mol. The Bertz CT molecular complexity index is 442. The van der Waals surface area contributed by atoms with Crippen LogP contribution in [0, 0.1) is 0 Å². The SMILES string of the molecule is CC(ON)c1ccc2ccccc2n1. The van der Waals surface area contributed by atoms with E-state index in [0.717, 1.165) is 16.6 Å². The average Bonchev–Trinajstić information content (AvgIpc) is 2.27. The van der Waals surface area contributed by atoms with Crippen LogP contribution in [-0.2, 0) is 4.84 Å². The standard InChI is InChI=1S/C11H12N2O/c1-8(14-12)10-7-6-9-4-2-3-5-11(9)13-10/h2-8H,12H2,1H3. The van der Waals surface area contributed by atoms with Gasteiger partial charge in [-0.2, -0.15) is 0 Å². The van der Waals surface area contributed by atoms with Crippen molar-refractivity contribution in [1.29, 1.82) is 0 Å². The Labute approximate surface area is 82.5 Å². The normalized spacial score (nSPS) is 13.0. The van der Waals surface area contributed by atoms with Crippen molar-refractivity contribution in [2.75, 3.05) is 0 Å². The fourth-order valence-electron chi connectivity index (χ4n) is 1.38. The molecule has 72 valence electrons. The van der Waals surface area contributed by atoms with Crippen molar-refractivity contribution in [2.45, 2.75) is 13.0 Å². The van der Waals surface area contributed by atoms with E-state index in [9.17, 15) is 0 Å². The predicted molar refractivity (Wildman–Crippen MR) is 55.4 cm³/mol. The summed E-state index contributed by atoms with van der Waals surface area (Å²) >= 11 is 0. The molecular weight excluding hydrogens is 176 g/mol. The second-order valence-corrected chi connectivity index (χ2v) is 3.21. The highest BCUT2D eigenvalue weighted by molar-refractivity contribution is 5.78. The highest BCUT2D eigenvalue weighted by Gasteiger charge is 2.05. The Hall–Kier alpha value is -1.45. The molecule has 1 atom stereocenters. The van der Waals surface area contributed by atoms with Crippen LogP contribution in [0.4, 0.5) is 0 Å². The van der Waals surface area contributed by atoms with Crippen LogP contribution >= 0.6 is 0 Å². The number of fused-ring (bicyclic) bond motifs is 1. The number of rotatable bonds is 2. The summed E-state index contributed by atoms with van der Waals surface area (Å²) in [5.41, 5.74) is 1.82. The molecule has 3 nitrogen and oxygen atoms in total. The monoisotopic (exact) mass is 188 g/mol. The van der Waals surface area contributed by atoms with Gasteiger partial charge in [-0.15, -0.1) is 0 Å². The van der Waals surface area contributed by atoms with Gasteiger partial charge < -0.3 is 0 Å². The van der Waals surface area contributed by atoms with E-state index in [1.54, 1.807) is 0 Å². The number of para-hydroxylation sites is 1. The summed E-state index contributed by atoms with van der Waals surface area (Å²) in [5, 5.41) is 1.13. The molecule has 0 spiro atoms. The number of pyridine rings is 1. The molecule has 0 saturated carbocycles. The highest BCUT2D eigenvalue weighted by atomic mass is 16.6. The van der Waals surface area contributed by atoms with Crippen molar-refractivity contribution in [1.82, 2.24) is 4.98 Å². The van der Waals surface area contributed by atoms with Gasteiger partial charge >= 0.3 is 0 Å². The van der Waals surface area contributed by atoms with Gasteiger partial charge in [0, 0.05) is 5.39 Å². The molecular formula is C11H12N2O. The van der Waals surface area contributed by atoms with Gasteiger partial charge in [0.25, 0.3) is 0 Å². The molecule has 14 heavy (non-hydrogen) atoms. The zero-order valence-electron chi connectivity index (χ0n) is 7.97. The minimum Gasteiger partial charge on any atom is -0.295 e. The fraction of sp³-hybridized carbons (Fsp3) is 0.182. The molecule has 3 heteroatoms. The van der Waals surface area contributed by atoms with Crippen molar-refractivity contribution in [3.8, 4) is 0 Å². The summed E-state index contributed by atoms with van der Waals surface area (Å²) in [6.07, 6.45) is -0.167. The maximum absolute atomic E-state index is 5.11. The summed E-state index contributed by atoms with van der Waals surface area (Å²) in [6, 6.07) is 11.9. The van der Waals surface area contributed by atoms with Crippen LogP contribution < -0.4 is 5.90 Å². The molecule has 2 rings (SSSR count). The van der Waals surface area contributed by atoms with Crippen LogP contribution in [-0.4, -0.2) is 4.98 Å². The molecule has 0 fully saturated rings. The van der Waals surface area contributed by atoms with Crippen molar-refractivity contribution in [3.63, 3.8) is 0 Å². The Morgan fingerprint density at radius 3 is 2.79 bits per heavy atom. The molecule has 0 radical (unpaired) electrons. The van der Waals surface area contributed by atoms with Gasteiger partial charge in [0.05, 0.1) is 11.2 Å². The van der Waals surface area contributed by atoms with Crippen molar-refractivity contribution in [3.05, 3.63) is 42.1 Å². The molecule has 0 aliphatic heterocycles. The van der Waals surface area contributed by atoms with E-state index in [-0.39, 0.29) is 6.10 Å². The van der Waals surface area contributed by atoms with Gasteiger partial charge in [0.15, 0.2) is 0 Å². The van der Waals surface area contributed by atoms with E-state index < -0.39 is 0 Å². The zero-order chi connectivity index (χ0) is 9.97. The largest absolute Gasteiger partial charge is 0.295 e. The second-order valence-electron chi connectivity index (χ2n) is 3.21. The quantitative estimate of drug-likeness (QED) is 0.735. The molecule has 0 saturated heterocycles. The van der Waals surface area contributed by atoms with Crippen LogP contribution in [0.25, 0.3) is 10.9 Å². The Morgan fingerprint density at radius 1 is 1.21 bits per heavy atom. The topological polar surface area (TPSA) is 48.1 Å². The molecule has 0 aliphatic rings. The van der Waals surface area contributed by atoms with Crippen LogP contribution in [0.1, 0.15) is 18.7 Å². The molecule has 0 bridgehead atoms. The van der Waals surface area contributed by atoms with Crippen LogP contribution in [0.3, 0.4) is 0 Å². The zero-order valence-corrected chi connectivity index (χ0v) is 7.97.